The highest BCUT2D eigenvalue weighted by Crippen LogP contribution is 2.55. The van der Waals surface area contributed by atoms with Crippen LogP contribution in [0.3, 0.4) is 0 Å². The zero-order valence-electron chi connectivity index (χ0n) is 16.8. The number of fused-ring (bicyclic) bond motifs is 2. The van der Waals surface area contributed by atoms with Gasteiger partial charge in [-0.1, -0.05) is 42.5 Å². The van der Waals surface area contributed by atoms with Gasteiger partial charge in [0.05, 0.1) is 5.92 Å². The molecule has 156 valence electrons. The van der Waals surface area contributed by atoms with Crippen molar-refractivity contribution in [1.29, 1.82) is 0 Å². The van der Waals surface area contributed by atoms with E-state index in [0.29, 0.717) is 23.4 Å². The average Bonchev–Trinajstić information content (AvgIpc) is 3.24. The van der Waals surface area contributed by atoms with E-state index in [4.69, 9.17) is 0 Å². The third kappa shape index (κ3) is 2.82. The number of nitrogens with zero attached hydrogens (tertiary/aromatic N) is 1. The largest absolute Gasteiger partial charge is 0.324 e. The van der Waals surface area contributed by atoms with E-state index in [0.717, 1.165) is 5.56 Å². The third-order valence-electron chi connectivity index (χ3n) is 6.55. The molecule has 1 N–H and O–H groups in total. The van der Waals surface area contributed by atoms with Crippen molar-refractivity contribution in [2.75, 3.05) is 18.9 Å². The number of carbonyl (C=O) groups excluding carboxylic acids is 2. The topological polar surface area (TPSA) is 49.4 Å². The van der Waals surface area contributed by atoms with E-state index in [1.165, 1.54) is 30.3 Å². The molecule has 1 unspecified atom stereocenters. The van der Waals surface area contributed by atoms with Gasteiger partial charge in [0, 0.05) is 29.3 Å². The number of ketones is 1. The number of anilines is 1. The highest BCUT2D eigenvalue weighted by Gasteiger charge is 2.64. The second-order valence-electron chi connectivity index (χ2n) is 8.16. The van der Waals surface area contributed by atoms with Gasteiger partial charge in [0.1, 0.15) is 17.2 Å². The maximum atomic E-state index is 14.3. The standard InChI is InChI=1S/C25H20F2N2O2/c1-29-14-19(15-7-9-17(26)10-8-15)22(23(30)16-5-3-2-4-6-16)25(29)20-13-18(27)11-12-21(20)28-24(25)31/h2-13,19,22H,14H2,1H3,(H,28,31)/t19-,22?,25-/m1/s1. The molecule has 3 aromatic rings. The van der Waals surface area contributed by atoms with Crippen LogP contribution in [0.4, 0.5) is 14.5 Å². The number of halogens is 2. The summed E-state index contributed by atoms with van der Waals surface area (Å²) in [6.45, 7) is 0.387. The molecule has 31 heavy (non-hydrogen) atoms. The Labute approximate surface area is 178 Å². The van der Waals surface area contributed by atoms with Gasteiger partial charge in [-0.3, -0.25) is 14.5 Å². The molecule has 1 fully saturated rings. The van der Waals surface area contributed by atoms with Gasteiger partial charge in [0.15, 0.2) is 5.78 Å². The second-order valence-corrected chi connectivity index (χ2v) is 8.16. The summed E-state index contributed by atoms with van der Waals surface area (Å²) in [7, 11) is 1.77. The number of hydrogen-bond acceptors (Lipinski definition) is 3. The Morgan fingerprint density at radius 1 is 1.00 bits per heavy atom. The Morgan fingerprint density at radius 2 is 1.68 bits per heavy atom. The number of nitrogens with one attached hydrogen (secondary N) is 1. The number of amides is 1. The predicted molar refractivity (Wildman–Crippen MR) is 113 cm³/mol. The van der Waals surface area contributed by atoms with E-state index in [2.05, 4.69) is 5.32 Å². The molecular weight excluding hydrogens is 398 g/mol. The van der Waals surface area contributed by atoms with E-state index in [9.17, 15) is 18.4 Å². The molecule has 2 heterocycles. The summed E-state index contributed by atoms with van der Waals surface area (Å²) in [4.78, 5) is 29.2. The Balaban J connectivity index is 1.74. The zero-order chi connectivity index (χ0) is 21.8. The van der Waals surface area contributed by atoms with Gasteiger partial charge < -0.3 is 5.32 Å². The van der Waals surface area contributed by atoms with E-state index < -0.39 is 17.3 Å². The fourth-order valence-corrected chi connectivity index (χ4v) is 5.20. The molecule has 2 aliphatic heterocycles. The molecule has 0 aliphatic carbocycles. The lowest BCUT2D eigenvalue weighted by atomic mass is 9.70. The minimum absolute atomic E-state index is 0.202. The van der Waals surface area contributed by atoms with Crippen LogP contribution in [0.15, 0.2) is 72.8 Å². The third-order valence-corrected chi connectivity index (χ3v) is 6.55. The summed E-state index contributed by atoms with van der Waals surface area (Å²) in [6.07, 6.45) is 0. The van der Waals surface area contributed by atoms with Crippen LogP contribution in [0.5, 0.6) is 0 Å². The molecule has 4 nitrogen and oxygen atoms in total. The first-order valence-corrected chi connectivity index (χ1v) is 10.1. The first-order chi connectivity index (χ1) is 14.9. The van der Waals surface area contributed by atoms with Gasteiger partial charge in [0.25, 0.3) is 0 Å². The van der Waals surface area contributed by atoms with Crippen LogP contribution in [0.1, 0.15) is 27.4 Å². The summed E-state index contributed by atoms with van der Waals surface area (Å²) in [6, 6.07) is 19.0. The van der Waals surface area contributed by atoms with Crippen LogP contribution < -0.4 is 5.32 Å². The van der Waals surface area contributed by atoms with Crippen LogP contribution in [0.2, 0.25) is 0 Å². The van der Waals surface area contributed by atoms with Crippen molar-refractivity contribution in [3.05, 3.63) is 101 Å². The molecule has 3 atom stereocenters. The van der Waals surface area contributed by atoms with E-state index in [1.54, 1.807) is 43.4 Å². The van der Waals surface area contributed by atoms with E-state index >= 15 is 0 Å². The lowest BCUT2D eigenvalue weighted by Gasteiger charge is -2.35. The minimum atomic E-state index is -1.36. The second kappa shape index (κ2) is 7.10. The fraction of sp³-hybridized carbons (Fsp3) is 0.200. The number of hydrogen-bond donors (Lipinski definition) is 1. The van der Waals surface area contributed by atoms with Crippen LogP contribution in [0, 0.1) is 17.6 Å². The van der Waals surface area contributed by atoms with Gasteiger partial charge in [0.2, 0.25) is 5.91 Å². The molecule has 0 radical (unpaired) electrons. The van der Waals surface area contributed by atoms with Gasteiger partial charge in [-0.25, -0.2) is 8.78 Å². The molecule has 1 saturated heterocycles. The molecule has 2 aliphatic rings. The van der Waals surface area contributed by atoms with Crippen molar-refractivity contribution in [1.82, 2.24) is 4.90 Å². The van der Waals surface area contributed by atoms with Crippen molar-refractivity contribution in [3.8, 4) is 0 Å². The molecule has 3 aromatic carbocycles. The van der Waals surface area contributed by atoms with Crippen LogP contribution in [-0.4, -0.2) is 30.2 Å². The van der Waals surface area contributed by atoms with Crippen molar-refractivity contribution in [3.63, 3.8) is 0 Å². The first-order valence-electron chi connectivity index (χ1n) is 10.1. The Hall–Kier alpha value is -3.38. The lowest BCUT2D eigenvalue weighted by molar-refractivity contribution is -0.126. The molecular formula is C25H20F2N2O2. The van der Waals surface area contributed by atoms with E-state index in [1.807, 2.05) is 11.0 Å². The Kier molecular flexibility index (Phi) is 4.48. The van der Waals surface area contributed by atoms with Crippen molar-refractivity contribution < 1.29 is 18.4 Å². The molecule has 5 rings (SSSR count). The van der Waals surface area contributed by atoms with E-state index in [-0.39, 0.29) is 23.4 Å². The average molecular weight is 418 g/mol. The van der Waals surface area contributed by atoms with Gasteiger partial charge in [-0.05, 0) is 42.9 Å². The fourth-order valence-electron chi connectivity index (χ4n) is 5.20. The predicted octanol–water partition coefficient (Wildman–Crippen LogP) is 4.34. The van der Waals surface area contributed by atoms with Gasteiger partial charge in [-0.2, -0.15) is 0 Å². The number of likely N-dealkylation sites (N-methyl/N-ethyl adjacent to an activating group) is 1. The molecule has 6 heteroatoms. The normalized spacial score (nSPS) is 24.9. The summed E-state index contributed by atoms with van der Waals surface area (Å²) < 4.78 is 27.9. The minimum Gasteiger partial charge on any atom is -0.324 e. The first kappa shape index (κ1) is 19.6. The van der Waals surface area contributed by atoms with Crippen molar-refractivity contribution >= 4 is 17.4 Å². The molecule has 0 saturated carbocycles. The highest BCUT2D eigenvalue weighted by molar-refractivity contribution is 6.12. The van der Waals surface area contributed by atoms with Crippen LogP contribution >= 0.6 is 0 Å². The quantitative estimate of drug-likeness (QED) is 0.644. The number of rotatable bonds is 3. The zero-order valence-corrected chi connectivity index (χ0v) is 16.8. The number of carbonyl (C=O) groups is 2. The van der Waals surface area contributed by atoms with Crippen LogP contribution in [-0.2, 0) is 10.3 Å². The van der Waals surface area contributed by atoms with Gasteiger partial charge >= 0.3 is 0 Å². The number of benzene rings is 3. The number of likely N-dealkylation sites (tertiary alicyclic amines) is 1. The molecule has 1 amide bonds. The summed E-state index contributed by atoms with van der Waals surface area (Å²) >= 11 is 0. The maximum absolute atomic E-state index is 14.3. The van der Waals surface area contributed by atoms with Crippen molar-refractivity contribution in [2.45, 2.75) is 11.5 Å². The number of Topliss-reactive ketones (excluding diaryl/α,β-unsaturated/α-hetero) is 1. The molecule has 0 bridgehead atoms. The smallest absolute Gasteiger partial charge is 0.250 e. The van der Waals surface area contributed by atoms with Crippen molar-refractivity contribution in [2.24, 2.45) is 5.92 Å². The molecule has 0 aromatic heterocycles. The monoisotopic (exact) mass is 418 g/mol. The van der Waals surface area contributed by atoms with Crippen LogP contribution in [0.25, 0.3) is 0 Å². The SMILES string of the molecule is CN1C[C@H](c2ccc(F)cc2)C(C(=O)c2ccccc2)[C@]12C(=O)Nc1ccc(F)cc12. The lowest BCUT2D eigenvalue weighted by Crippen LogP contribution is -2.51. The maximum Gasteiger partial charge on any atom is 0.250 e. The summed E-state index contributed by atoms with van der Waals surface area (Å²) in [5, 5.41) is 2.85. The Bertz CT molecular complexity index is 1180. The Morgan fingerprint density at radius 3 is 2.39 bits per heavy atom. The summed E-state index contributed by atoms with van der Waals surface area (Å²) in [5.74, 6) is -2.59. The highest BCUT2D eigenvalue weighted by atomic mass is 19.1. The molecule has 1 spiro atoms. The van der Waals surface area contributed by atoms with Gasteiger partial charge in [-0.15, -0.1) is 0 Å². The summed E-state index contributed by atoms with van der Waals surface area (Å²) in [5.41, 5.74) is 0.843.